The molecule has 7 nitrogen and oxygen atoms in total. The predicted molar refractivity (Wildman–Crippen MR) is 67.7 cm³/mol. The first-order valence-corrected chi connectivity index (χ1v) is 5.99. The van der Waals surface area contributed by atoms with Gasteiger partial charge in [-0.1, -0.05) is 0 Å². The number of nitrogens with one attached hydrogen (secondary N) is 3. The van der Waals surface area contributed by atoms with E-state index in [4.69, 9.17) is 0 Å². The third-order valence-corrected chi connectivity index (χ3v) is 2.73. The summed E-state index contributed by atoms with van der Waals surface area (Å²) in [6, 6.07) is 1.71. The number of aromatic nitrogens is 3. The molecule has 2 heterocycles. The molecule has 2 aromatic rings. The molecule has 0 unspecified atom stereocenters. The van der Waals surface area contributed by atoms with E-state index in [-0.39, 0.29) is 17.5 Å². The quantitative estimate of drug-likeness (QED) is 0.780. The number of hydrogen-bond donors (Lipinski definition) is 3. The Bertz CT molecular complexity index is 589. The van der Waals surface area contributed by atoms with E-state index in [9.17, 15) is 9.59 Å². The zero-order chi connectivity index (χ0) is 13.1. The molecule has 2 rings (SSSR count). The second kappa shape index (κ2) is 4.96. The lowest BCUT2D eigenvalue weighted by molar-refractivity contribution is -0.114. The lowest BCUT2D eigenvalue weighted by atomic mass is 10.4. The summed E-state index contributed by atoms with van der Waals surface area (Å²) in [7, 11) is 0. The van der Waals surface area contributed by atoms with Gasteiger partial charge >= 0.3 is 0 Å². The number of aromatic amines is 1. The Balaban J connectivity index is 2.05. The molecule has 94 valence electrons. The van der Waals surface area contributed by atoms with Crippen molar-refractivity contribution in [2.24, 2.45) is 0 Å². The van der Waals surface area contributed by atoms with E-state index in [1.165, 1.54) is 18.3 Å². The van der Waals surface area contributed by atoms with Gasteiger partial charge in [0, 0.05) is 24.1 Å². The number of H-pyrrole nitrogens is 1. The van der Waals surface area contributed by atoms with Crippen LogP contribution >= 0.6 is 11.3 Å². The van der Waals surface area contributed by atoms with Gasteiger partial charge in [0.25, 0.3) is 5.91 Å². The number of anilines is 2. The number of rotatable bonds is 3. The molecule has 0 aliphatic heterocycles. The maximum Gasteiger partial charge on any atom is 0.276 e. The van der Waals surface area contributed by atoms with E-state index in [2.05, 4.69) is 25.8 Å². The number of thiazole rings is 1. The highest BCUT2D eigenvalue weighted by Gasteiger charge is 2.12. The molecule has 3 N–H and O–H groups in total. The molecule has 0 spiro atoms. The number of aryl methyl sites for hydroxylation is 1. The number of amides is 2. The van der Waals surface area contributed by atoms with Crippen molar-refractivity contribution in [3.63, 3.8) is 0 Å². The van der Waals surface area contributed by atoms with Crippen molar-refractivity contribution in [2.75, 3.05) is 10.6 Å². The van der Waals surface area contributed by atoms with E-state index in [0.717, 1.165) is 5.69 Å². The molecule has 0 aromatic carbocycles. The average molecular weight is 265 g/mol. The van der Waals surface area contributed by atoms with Gasteiger partial charge in [0.05, 0.1) is 0 Å². The molecule has 0 atom stereocenters. The van der Waals surface area contributed by atoms with Gasteiger partial charge in [-0.3, -0.25) is 14.7 Å². The van der Waals surface area contributed by atoms with E-state index in [1.54, 1.807) is 11.4 Å². The van der Waals surface area contributed by atoms with E-state index >= 15 is 0 Å². The Morgan fingerprint density at radius 1 is 1.39 bits per heavy atom. The Kier molecular flexibility index (Phi) is 3.38. The van der Waals surface area contributed by atoms with Gasteiger partial charge in [0.15, 0.2) is 10.9 Å². The number of carbonyl (C=O) groups excluding carboxylic acids is 2. The zero-order valence-corrected chi connectivity index (χ0v) is 10.6. The molecule has 0 bridgehead atoms. The first kappa shape index (κ1) is 12.2. The topological polar surface area (TPSA) is 99.8 Å². The summed E-state index contributed by atoms with van der Waals surface area (Å²) in [6.07, 6.45) is 0. The summed E-state index contributed by atoms with van der Waals surface area (Å²) >= 11 is 1.19. The van der Waals surface area contributed by atoms with Crippen molar-refractivity contribution in [3.05, 3.63) is 22.8 Å². The Labute approximate surface area is 107 Å². The standard InChI is InChI=1S/C10H11N5O2S/c1-5-3-8(15-14-5)13-9(17)7-4-18-10(12-7)11-6(2)16/h3-4H,1-2H3,(H,11,12,16)(H2,13,14,15,17). The molecule has 0 saturated heterocycles. The molecular weight excluding hydrogens is 254 g/mol. The van der Waals surface area contributed by atoms with Crippen molar-refractivity contribution in [1.29, 1.82) is 0 Å². The summed E-state index contributed by atoms with van der Waals surface area (Å²) in [5, 5.41) is 13.7. The molecule has 2 aromatic heterocycles. The molecule has 8 heteroatoms. The van der Waals surface area contributed by atoms with Crippen molar-refractivity contribution >= 4 is 34.1 Å². The van der Waals surface area contributed by atoms with Crippen LogP contribution in [0.4, 0.5) is 10.9 Å². The highest BCUT2D eigenvalue weighted by Crippen LogP contribution is 2.16. The smallest absolute Gasteiger partial charge is 0.276 e. The van der Waals surface area contributed by atoms with Crippen LogP contribution in [0.3, 0.4) is 0 Å². The van der Waals surface area contributed by atoms with Crippen LogP contribution in [0.2, 0.25) is 0 Å². The summed E-state index contributed by atoms with van der Waals surface area (Å²) in [5.41, 5.74) is 1.09. The summed E-state index contributed by atoms with van der Waals surface area (Å²) in [6.45, 7) is 3.22. The van der Waals surface area contributed by atoms with E-state index in [0.29, 0.717) is 10.9 Å². The van der Waals surface area contributed by atoms with Crippen molar-refractivity contribution in [1.82, 2.24) is 15.2 Å². The van der Waals surface area contributed by atoms with Crippen LogP contribution in [-0.2, 0) is 4.79 Å². The Morgan fingerprint density at radius 2 is 2.17 bits per heavy atom. The Hall–Kier alpha value is -2.22. The van der Waals surface area contributed by atoms with Gasteiger partial charge in [-0.2, -0.15) is 5.10 Å². The third-order valence-electron chi connectivity index (χ3n) is 1.97. The van der Waals surface area contributed by atoms with E-state index in [1.807, 2.05) is 6.92 Å². The van der Waals surface area contributed by atoms with Gasteiger partial charge in [0.1, 0.15) is 5.69 Å². The van der Waals surface area contributed by atoms with Crippen LogP contribution in [0.5, 0.6) is 0 Å². The summed E-state index contributed by atoms with van der Waals surface area (Å²) < 4.78 is 0. The number of hydrogen-bond acceptors (Lipinski definition) is 5. The van der Waals surface area contributed by atoms with Crippen LogP contribution in [0.25, 0.3) is 0 Å². The SMILES string of the molecule is CC(=O)Nc1nc(C(=O)Nc2cc(C)[nH]n2)cs1. The zero-order valence-electron chi connectivity index (χ0n) is 9.77. The Morgan fingerprint density at radius 3 is 2.78 bits per heavy atom. The molecular formula is C10H11N5O2S. The molecule has 0 fully saturated rings. The molecule has 2 amide bonds. The molecule has 18 heavy (non-hydrogen) atoms. The second-order valence-electron chi connectivity index (χ2n) is 3.61. The predicted octanol–water partition coefficient (Wildman–Crippen LogP) is 1.39. The lowest BCUT2D eigenvalue weighted by Gasteiger charge is -1.97. The third kappa shape index (κ3) is 2.92. The van der Waals surface area contributed by atoms with Crippen LogP contribution < -0.4 is 10.6 Å². The fraction of sp³-hybridized carbons (Fsp3) is 0.200. The highest BCUT2D eigenvalue weighted by molar-refractivity contribution is 7.14. The van der Waals surface area contributed by atoms with Crippen LogP contribution in [0, 0.1) is 6.92 Å². The first-order valence-electron chi connectivity index (χ1n) is 5.11. The molecule has 0 aliphatic rings. The highest BCUT2D eigenvalue weighted by atomic mass is 32.1. The normalized spacial score (nSPS) is 10.1. The number of carbonyl (C=O) groups is 2. The maximum absolute atomic E-state index is 11.8. The first-order chi connectivity index (χ1) is 8.54. The fourth-order valence-electron chi connectivity index (χ4n) is 1.25. The van der Waals surface area contributed by atoms with E-state index < -0.39 is 0 Å². The fourth-order valence-corrected chi connectivity index (χ4v) is 1.99. The second-order valence-corrected chi connectivity index (χ2v) is 4.47. The van der Waals surface area contributed by atoms with Gasteiger partial charge in [-0.15, -0.1) is 11.3 Å². The summed E-state index contributed by atoms with van der Waals surface area (Å²) in [4.78, 5) is 26.6. The lowest BCUT2D eigenvalue weighted by Crippen LogP contribution is -2.13. The van der Waals surface area contributed by atoms with Crippen molar-refractivity contribution in [2.45, 2.75) is 13.8 Å². The van der Waals surface area contributed by atoms with Gasteiger partial charge in [-0.05, 0) is 6.92 Å². The molecule has 0 radical (unpaired) electrons. The van der Waals surface area contributed by atoms with Gasteiger partial charge in [0.2, 0.25) is 5.91 Å². The van der Waals surface area contributed by atoms with Gasteiger partial charge < -0.3 is 10.6 Å². The minimum absolute atomic E-state index is 0.223. The van der Waals surface area contributed by atoms with Crippen LogP contribution in [0.1, 0.15) is 23.1 Å². The molecule has 0 aliphatic carbocycles. The average Bonchev–Trinajstić information content (AvgIpc) is 2.87. The van der Waals surface area contributed by atoms with Crippen molar-refractivity contribution < 1.29 is 9.59 Å². The minimum atomic E-state index is -0.366. The minimum Gasteiger partial charge on any atom is -0.304 e. The van der Waals surface area contributed by atoms with Gasteiger partial charge in [-0.25, -0.2) is 4.98 Å². The summed E-state index contributed by atoms with van der Waals surface area (Å²) in [5.74, 6) is -0.153. The number of nitrogens with zero attached hydrogens (tertiary/aromatic N) is 2. The largest absolute Gasteiger partial charge is 0.304 e. The molecule has 0 saturated carbocycles. The maximum atomic E-state index is 11.8. The van der Waals surface area contributed by atoms with Crippen LogP contribution in [-0.4, -0.2) is 27.0 Å². The van der Waals surface area contributed by atoms with Crippen LogP contribution in [0.15, 0.2) is 11.4 Å². The van der Waals surface area contributed by atoms with Crippen molar-refractivity contribution in [3.8, 4) is 0 Å². The monoisotopic (exact) mass is 265 g/mol.